The Morgan fingerprint density at radius 2 is 2.00 bits per heavy atom. The Hall–Kier alpha value is -0.0900. The molecule has 0 N–H and O–H groups in total. The van der Waals surface area contributed by atoms with E-state index in [9.17, 15) is 4.79 Å². The van der Waals surface area contributed by atoms with E-state index in [0.29, 0.717) is 19.6 Å². The Labute approximate surface area is 87.9 Å². The van der Waals surface area contributed by atoms with Crippen LogP contribution in [0.4, 0.5) is 0 Å². The van der Waals surface area contributed by atoms with Crippen LogP contribution in [0.15, 0.2) is 0 Å². The van der Waals surface area contributed by atoms with E-state index in [1.54, 1.807) is 0 Å². The molecule has 0 bridgehead atoms. The molecule has 0 heterocycles. The van der Waals surface area contributed by atoms with Gasteiger partial charge < -0.3 is 9.47 Å². The number of halogens is 1. The fraction of sp³-hybridized carbons (Fsp3) is 0.889. The van der Waals surface area contributed by atoms with E-state index in [1.807, 2.05) is 6.92 Å². The van der Waals surface area contributed by atoms with Gasteiger partial charge in [-0.05, 0) is 19.8 Å². The highest BCUT2D eigenvalue weighted by atomic mass is 79.9. The van der Waals surface area contributed by atoms with Gasteiger partial charge in [0.05, 0.1) is 6.61 Å². The van der Waals surface area contributed by atoms with Crippen LogP contribution in [0.3, 0.4) is 0 Å². The lowest BCUT2D eigenvalue weighted by atomic mass is 10.3. The molecular formula is C9H17BrO3. The normalized spacial score (nSPS) is 10.0. The van der Waals surface area contributed by atoms with Gasteiger partial charge in [0, 0.05) is 25.0 Å². The van der Waals surface area contributed by atoms with E-state index in [-0.39, 0.29) is 5.97 Å². The molecule has 0 aliphatic carbocycles. The van der Waals surface area contributed by atoms with E-state index in [0.717, 1.165) is 24.8 Å². The summed E-state index contributed by atoms with van der Waals surface area (Å²) in [6, 6.07) is 0. The number of esters is 1. The Bertz CT molecular complexity index is 128. The molecule has 0 aromatic rings. The van der Waals surface area contributed by atoms with Gasteiger partial charge in [0.2, 0.25) is 0 Å². The van der Waals surface area contributed by atoms with E-state index in [2.05, 4.69) is 15.9 Å². The number of alkyl halides is 1. The number of ether oxygens (including phenoxy) is 2. The first kappa shape index (κ1) is 12.9. The van der Waals surface area contributed by atoms with Gasteiger partial charge >= 0.3 is 5.97 Å². The van der Waals surface area contributed by atoms with Crippen molar-refractivity contribution in [1.82, 2.24) is 0 Å². The van der Waals surface area contributed by atoms with E-state index in [4.69, 9.17) is 9.47 Å². The molecule has 0 aliphatic heterocycles. The van der Waals surface area contributed by atoms with Gasteiger partial charge in [-0.1, -0.05) is 15.9 Å². The molecule has 0 spiro atoms. The van der Waals surface area contributed by atoms with Crippen LogP contribution in [-0.4, -0.2) is 31.1 Å². The maximum absolute atomic E-state index is 10.8. The third-order valence-electron chi connectivity index (χ3n) is 1.40. The van der Waals surface area contributed by atoms with Crippen LogP contribution in [0.2, 0.25) is 0 Å². The highest BCUT2D eigenvalue weighted by Gasteiger charge is 1.99. The van der Waals surface area contributed by atoms with Crippen LogP contribution in [-0.2, 0) is 14.3 Å². The van der Waals surface area contributed by atoms with Gasteiger partial charge in [-0.3, -0.25) is 4.79 Å². The fourth-order valence-corrected chi connectivity index (χ4v) is 1.04. The first-order valence-electron chi connectivity index (χ1n) is 4.60. The van der Waals surface area contributed by atoms with Crippen LogP contribution < -0.4 is 0 Å². The summed E-state index contributed by atoms with van der Waals surface area (Å²) in [5.41, 5.74) is 0. The van der Waals surface area contributed by atoms with Crippen molar-refractivity contribution in [3.63, 3.8) is 0 Å². The molecule has 0 radical (unpaired) electrons. The molecular weight excluding hydrogens is 236 g/mol. The molecule has 0 atom stereocenters. The van der Waals surface area contributed by atoms with Crippen molar-refractivity contribution in [2.45, 2.75) is 26.2 Å². The van der Waals surface area contributed by atoms with Gasteiger partial charge in [0.25, 0.3) is 0 Å². The Kier molecular flexibility index (Phi) is 9.92. The maximum atomic E-state index is 10.8. The van der Waals surface area contributed by atoms with Crippen LogP contribution in [0.25, 0.3) is 0 Å². The second-order valence-electron chi connectivity index (χ2n) is 2.56. The lowest BCUT2D eigenvalue weighted by Gasteiger charge is -2.02. The molecule has 4 heteroatoms. The van der Waals surface area contributed by atoms with Gasteiger partial charge in [0.1, 0.15) is 0 Å². The van der Waals surface area contributed by atoms with Gasteiger partial charge in [-0.25, -0.2) is 0 Å². The average Bonchev–Trinajstić information content (AvgIpc) is 2.11. The smallest absolute Gasteiger partial charge is 0.305 e. The molecule has 0 aromatic carbocycles. The standard InChI is InChI=1S/C9H17BrO3/c1-2-13-9(11)5-3-7-12-8-4-6-10/h2-8H2,1H3. The number of carbonyl (C=O) groups is 1. The summed E-state index contributed by atoms with van der Waals surface area (Å²) in [4.78, 5) is 10.8. The zero-order valence-electron chi connectivity index (χ0n) is 8.05. The first-order chi connectivity index (χ1) is 6.31. The summed E-state index contributed by atoms with van der Waals surface area (Å²) in [6.07, 6.45) is 2.22. The lowest BCUT2D eigenvalue weighted by molar-refractivity contribution is -0.143. The van der Waals surface area contributed by atoms with Crippen molar-refractivity contribution >= 4 is 21.9 Å². The Balaban J connectivity index is 3.02. The van der Waals surface area contributed by atoms with Gasteiger partial charge in [-0.15, -0.1) is 0 Å². The molecule has 0 saturated heterocycles. The summed E-state index contributed by atoms with van der Waals surface area (Å²) in [5, 5.41) is 0.963. The number of hydrogen-bond donors (Lipinski definition) is 0. The third kappa shape index (κ3) is 9.83. The predicted molar refractivity (Wildman–Crippen MR) is 55.1 cm³/mol. The highest BCUT2D eigenvalue weighted by molar-refractivity contribution is 9.09. The van der Waals surface area contributed by atoms with Crippen molar-refractivity contribution in [2.24, 2.45) is 0 Å². The fourth-order valence-electron chi connectivity index (χ4n) is 0.810. The number of rotatable bonds is 8. The number of carbonyl (C=O) groups excluding carboxylic acids is 1. The first-order valence-corrected chi connectivity index (χ1v) is 5.72. The van der Waals surface area contributed by atoms with Crippen molar-refractivity contribution in [3.05, 3.63) is 0 Å². The van der Waals surface area contributed by atoms with Crippen LogP contribution in [0.1, 0.15) is 26.2 Å². The van der Waals surface area contributed by atoms with Crippen LogP contribution in [0, 0.1) is 0 Å². The monoisotopic (exact) mass is 252 g/mol. The summed E-state index contributed by atoms with van der Waals surface area (Å²) in [7, 11) is 0. The minimum absolute atomic E-state index is 0.133. The SMILES string of the molecule is CCOC(=O)CCCOCCCBr. The predicted octanol–water partition coefficient (Wildman–Crippen LogP) is 2.13. The quantitative estimate of drug-likeness (QED) is 0.377. The summed E-state index contributed by atoms with van der Waals surface area (Å²) < 4.78 is 10.0. The second-order valence-corrected chi connectivity index (χ2v) is 3.36. The zero-order chi connectivity index (χ0) is 9.94. The van der Waals surface area contributed by atoms with Crippen molar-refractivity contribution in [2.75, 3.05) is 25.2 Å². The third-order valence-corrected chi connectivity index (χ3v) is 1.96. The van der Waals surface area contributed by atoms with Crippen LogP contribution in [0.5, 0.6) is 0 Å². The van der Waals surface area contributed by atoms with Gasteiger partial charge in [0.15, 0.2) is 0 Å². The minimum Gasteiger partial charge on any atom is -0.466 e. The second kappa shape index (κ2) is 9.99. The summed E-state index contributed by atoms with van der Waals surface area (Å²) in [6.45, 7) is 3.67. The van der Waals surface area contributed by atoms with Crippen LogP contribution >= 0.6 is 15.9 Å². The molecule has 0 unspecified atom stereocenters. The molecule has 0 rings (SSSR count). The van der Waals surface area contributed by atoms with Crippen molar-refractivity contribution < 1.29 is 14.3 Å². The molecule has 13 heavy (non-hydrogen) atoms. The molecule has 3 nitrogen and oxygen atoms in total. The summed E-state index contributed by atoms with van der Waals surface area (Å²) in [5.74, 6) is -0.133. The Morgan fingerprint density at radius 1 is 1.31 bits per heavy atom. The maximum Gasteiger partial charge on any atom is 0.305 e. The zero-order valence-corrected chi connectivity index (χ0v) is 9.64. The molecule has 0 aliphatic rings. The number of hydrogen-bond acceptors (Lipinski definition) is 3. The summed E-state index contributed by atoms with van der Waals surface area (Å²) >= 11 is 3.31. The average molecular weight is 253 g/mol. The minimum atomic E-state index is -0.133. The van der Waals surface area contributed by atoms with Crippen molar-refractivity contribution in [1.29, 1.82) is 0 Å². The molecule has 0 saturated carbocycles. The molecule has 0 aromatic heterocycles. The molecule has 0 fully saturated rings. The Morgan fingerprint density at radius 3 is 2.62 bits per heavy atom. The van der Waals surface area contributed by atoms with E-state index >= 15 is 0 Å². The molecule has 0 amide bonds. The topological polar surface area (TPSA) is 35.5 Å². The van der Waals surface area contributed by atoms with E-state index < -0.39 is 0 Å². The van der Waals surface area contributed by atoms with E-state index in [1.165, 1.54) is 0 Å². The largest absolute Gasteiger partial charge is 0.466 e. The molecule has 78 valence electrons. The lowest BCUT2D eigenvalue weighted by Crippen LogP contribution is -2.06. The highest BCUT2D eigenvalue weighted by Crippen LogP contribution is 1.95. The van der Waals surface area contributed by atoms with Crippen molar-refractivity contribution in [3.8, 4) is 0 Å². The van der Waals surface area contributed by atoms with Gasteiger partial charge in [-0.2, -0.15) is 0 Å².